The highest BCUT2D eigenvalue weighted by Crippen LogP contribution is 2.16. The molecule has 0 fully saturated rings. The van der Waals surface area contributed by atoms with Crippen molar-refractivity contribution in [2.75, 3.05) is 6.61 Å². The first-order chi connectivity index (χ1) is 6.65. The molecule has 1 heterocycles. The SMILES string of the molecule is CCC(=O)NC1=C(C(=O)O)OCCC1. The second-order valence-corrected chi connectivity index (χ2v) is 2.97. The summed E-state index contributed by atoms with van der Waals surface area (Å²) in [5.74, 6) is -1.45. The van der Waals surface area contributed by atoms with Crippen molar-refractivity contribution in [3.05, 3.63) is 11.5 Å². The Morgan fingerprint density at radius 3 is 2.86 bits per heavy atom. The van der Waals surface area contributed by atoms with Crippen LogP contribution in [0.15, 0.2) is 11.5 Å². The van der Waals surface area contributed by atoms with Gasteiger partial charge in [0.25, 0.3) is 0 Å². The number of allylic oxidation sites excluding steroid dienone is 1. The molecule has 2 N–H and O–H groups in total. The summed E-state index contributed by atoms with van der Waals surface area (Å²) in [5, 5.41) is 11.3. The van der Waals surface area contributed by atoms with Gasteiger partial charge in [-0.1, -0.05) is 6.92 Å². The summed E-state index contributed by atoms with van der Waals surface area (Å²) < 4.78 is 4.96. The van der Waals surface area contributed by atoms with Crippen LogP contribution in [0.4, 0.5) is 0 Å². The van der Waals surface area contributed by atoms with E-state index >= 15 is 0 Å². The fourth-order valence-corrected chi connectivity index (χ4v) is 1.19. The second kappa shape index (κ2) is 4.64. The van der Waals surface area contributed by atoms with Gasteiger partial charge in [0.05, 0.1) is 12.3 Å². The van der Waals surface area contributed by atoms with Crippen LogP contribution in [0, 0.1) is 0 Å². The van der Waals surface area contributed by atoms with E-state index in [2.05, 4.69) is 5.32 Å². The topological polar surface area (TPSA) is 75.6 Å². The third kappa shape index (κ3) is 2.48. The van der Waals surface area contributed by atoms with Crippen LogP contribution in [-0.4, -0.2) is 23.6 Å². The molecule has 0 aromatic carbocycles. The molecule has 1 rings (SSSR count). The monoisotopic (exact) mass is 199 g/mol. The molecule has 0 bridgehead atoms. The molecule has 1 aliphatic rings. The van der Waals surface area contributed by atoms with Crippen molar-refractivity contribution >= 4 is 11.9 Å². The van der Waals surface area contributed by atoms with Crippen LogP contribution in [0.3, 0.4) is 0 Å². The average molecular weight is 199 g/mol. The molecule has 5 nitrogen and oxygen atoms in total. The zero-order valence-electron chi connectivity index (χ0n) is 8.00. The van der Waals surface area contributed by atoms with Crippen molar-refractivity contribution in [1.29, 1.82) is 0 Å². The molecule has 0 saturated heterocycles. The molecule has 0 saturated carbocycles. The van der Waals surface area contributed by atoms with E-state index in [1.807, 2.05) is 0 Å². The molecule has 0 radical (unpaired) electrons. The van der Waals surface area contributed by atoms with Gasteiger partial charge in [-0.15, -0.1) is 0 Å². The number of rotatable bonds is 3. The zero-order chi connectivity index (χ0) is 10.6. The number of hydrogen-bond donors (Lipinski definition) is 2. The molecule has 0 aromatic rings. The molecule has 0 unspecified atom stereocenters. The predicted octanol–water partition coefficient (Wildman–Crippen LogP) is 0.619. The van der Waals surface area contributed by atoms with Crippen LogP contribution in [0.2, 0.25) is 0 Å². The summed E-state index contributed by atoms with van der Waals surface area (Å²) in [6, 6.07) is 0. The van der Waals surface area contributed by atoms with Gasteiger partial charge < -0.3 is 15.2 Å². The fourth-order valence-electron chi connectivity index (χ4n) is 1.19. The Labute approximate surface area is 81.7 Å². The first kappa shape index (κ1) is 10.6. The van der Waals surface area contributed by atoms with E-state index in [9.17, 15) is 9.59 Å². The van der Waals surface area contributed by atoms with E-state index in [0.717, 1.165) is 6.42 Å². The Morgan fingerprint density at radius 1 is 1.57 bits per heavy atom. The van der Waals surface area contributed by atoms with E-state index < -0.39 is 5.97 Å². The second-order valence-electron chi connectivity index (χ2n) is 2.97. The molecule has 5 heteroatoms. The fraction of sp³-hybridized carbons (Fsp3) is 0.556. The van der Waals surface area contributed by atoms with Gasteiger partial charge in [-0.25, -0.2) is 4.79 Å². The lowest BCUT2D eigenvalue weighted by Gasteiger charge is -2.18. The summed E-state index contributed by atoms with van der Waals surface area (Å²) in [6.45, 7) is 2.10. The van der Waals surface area contributed by atoms with E-state index in [1.165, 1.54) is 0 Å². The molecular formula is C9H13NO4. The van der Waals surface area contributed by atoms with Gasteiger partial charge in [-0.05, 0) is 12.8 Å². The van der Waals surface area contributed by atoms with E-state index in [4.69, 9.17) is 9.84 Å². The van der Waals surface area contributed by atoms with Gasteiger partial charge in [0.15, 0.2) is 0 Å². The Kier molecular flexibility index (Phi) is 3.50. The van der Waals surface area contributed by atoms with Gasteiger partial charge >= 0.3 is 5.97 Å². The number of amides is 1. The summed E-state index contributed by atoms with van der Waals surface area (Å²) in [6.07, 6.45) is 1.61. The summed E-state index contributed by atoms with van der Waals surface area (Å²) in [5.41, 5.74) is 0.385. The standard InChI is InChI=1S/C9H13NO4/c1-2-7(11)10-6-4-3-5-14-8(6)9(12)13/h2-5H2,1H3,(H,10,11)(H,12,13). The van der Waals surface area contributed by atoms with Gasteiger partial charge in [-0.2, -0.15) is 0 Å². The Hall–Kier alpha value is -1.52. The summed E-state index contributed by atoms with van der Waals surface area (Å²) in [7, 11) is 0. The Morgan fingerprint density at radius 2 is 2.29 bits per heavy atom. The molecule has 78 valence electrons. The minimum Gasteiger partial charge on any atom is -0.485 e. The zero-order valence-corrected chi connectivity index (χ0v) is 8.00. The van der Waals surface area contributed by atoms with Crippen LogP contribution in [0.5, 0.6) is 0 Å². The summed E-state index contributed by atoms with van der Waals surface area (Å²) >= 11 is 0. The molecule has 14 heavy (non-hydrogen) atoms. The van der Waals surface area contributed by atoms with Crippen molar-refractivity contribution in [2.24, 2.45) is 0 Å². The van der Waals surface area contributed by atoms with Crippen molar-refractivity contribution in [3.63, 3.8) is 0 Å². The first-order valence-corrected chi connectivity index (χ1v) is 4.54. The first-order valence-electron chi connectivity index (χ1n) is 4.54. The third-order valence-corrected chi connectivity index (χ3v) is 1.90. The largest absolute Gasteiger partial charge is 0.485 e. The van der Waals surface area contributed by atoms with Crippen LogP contribution in [-0.2, 0) is 14.3 Å². The molecule has 0 aliphatic carbocycles. The van der Waals surface area contributed by atoms with Crippen LogP contribution < -0.4 is 5.32 Å². The maximum absolute atomic E-state index is 11.1. The van der Waals surface area contributed by atoms with Crippen LogP contribution in [0.25, 0.3) is 0 Å². The molecular weight excluding hydrogens is 186 g/mol. The van der Waals surface area contributed by atoms with Crippen molar-refractivity contribution in [1.82, 2.24) is 5.32 Å². The highest BCUT2D eigenvalue weighted by Gasteiger charge is 2.21. The van der Waals surface area contributed by atoms with Crippen LogP contribution in [0.1, 0.15) is 26.2 Å². The van der Waals surface area contributed by atoms with Gasteiger partial charge in [0.2, 0.25) is 11.7 Å². The number of carbonyl (C=O) groups is 2. The molecule has 0 atom stereocenters. The Bertz CT molecular complexity index is 283. The maximum atomic E-state index is 11.1. The number of carboxylic acid groups (broad SMARTS) is 1. The third-order valence-electron chi connectivity index (χ3n) is 1.90. The summed E-state index contributed by atoms with van der Waals surface area (Å²) in [4.78, 5) is 21.8. The quantitative estimate of drug-likeness (QED) is 0.698. The molecule has 0 aromatic heterocycles. The van der Waals surface area contributed by atoms with Crippen molar-refractivity contribution in [3.8, 4) is 0 Å². The number of carbonyl (C=O) groups excluding carboxylic acids is 1. The van der Waals surface area contributed by atoms with E-state index in [-0.39, 0.29) is 11.7 Å². The highest BCUT2D eigenvalue weighted by atomic mass is 16.5. The molecule has 1 aliphatic heterocycles. The van der Waals surface area contributed by atoms with Crippen molar-refractivity contribution < 1.29 is 19.4 Å². The average Bonchev–Trinajstić information content (AvgIpc) is 2.18. The smallest absolute Gasteiger partial charge is 0.373 e. The predicted molar refractivity (Wildman–Crippen MR) is 48.3 cm³/mol. The van der Waals surface area contributed by atoms with Gasteiger partial charge in [0, 0.05) is 6.42 Å². The van der Waals surface area contributed by atoms with Crippen LogP contribution >= 0.6 is 0 Å². The van der Waals surface area contributed by atoms with E-state index in [0.29, 0.717) is 25.1 Å². The number of ether oxygens (including phenoxy) is 1. The lowest BCUT2D eigenvalue weighted by molar-refractivity contribution is -0.137. The number of hydrogen-bond acceptors (Lipinski definition) is 3. The molecule has 1 amide bonds. The number of nitrogens with one attached hydrogen (secondary N) is 1. The highest BCUT2D eigenvalue weighted by molar-refractivity contribution is 5.87. The maximum Gasteiger partial charge on any atom is 0.373 e. The normalized spacial score (nSPS) is 16.1. The lowest BCUT2D eigenvalue weighted by atomic mass is 10.1. The van der Waals surface area contributed by atoms with Crippen molar-refractivity contribution in [2.45, 2.75) is 26.2 Å². The lowest BCUT2D eigenvalue weighted by Crippen LogP contribution is -2.28. The Balaban J connectivity index is 2.78. The minimum atomic E-state index is -1.13. The molecule has 0 spiro atoms. The van der Waals surface area contributed by atoms with E-state index in [1.54, 1.807) is 6.92 Å². The van der Waals surface area contributed by atoms with Gasteiger partial charge in [-0.3, -0.25) is 4.79 Å². The van der Waals surface area contributed by atoms with Gasteiger partial charge in [0.1, 0.15) is 0 Å². The minimum absolute atomic E-state index is 0.127. The number of carboxylic acids is 1. The number of aliphatic carboxylic acids is 1.